The van der Waals surface area contributed by atoms with Crippen molar-refractivity contribution in [2.24, 2.45) is 0 Å². The Bertz CT molecular complexity index is 213. The van der Waals surface area contributed by atoms with Gasteiger partial charge in [-0.25, -0.2) is 0 Å². The van der Waals surface area contributed by atoms with Crippen molar-refractivity contribution in [2.45, 2.75) is 112 Å². The molecule has 0 aromatic heterocycles. The van der Waals surface area contributed by atoms with Gasteiger partial charge in [0.2, 0.25) is 0 Å². The Morgan fingerprint density at radius 3 is 1.48 bits per heavy atom. The first-order chi connectivity index (χ1) is 11.2. The van der Waals surface area contributed by atoms with Gasteiger partial charge in [-0.05, 0) is 13.3 Å². The molecule has 0 atom stereocenters. The van der Waals surface area contributed by atoms with Gasteiger partial charge in [-0.3, -0.25) is 4.79 Å². The van der Waals surface area contributed by atoms with E-state index in [1.165, 1.54) is 38.5 Å². The molecule has 0 fully saturated rings. The van der Waals surface area contributed by atoms with Crippen molar-refractivity contribution >= 4 is 25.7 Å². The second-order valence-corrected chi connectivity index (χ2v) is 14.9. The van der Waals surface area contributed by atoms with Crippen LogP contribution < -0.4 is 0 Å². The fraction of sp³-hybridized carbons (Fsp3) is 0.950. The summed E-state index contributed by atoms with van der Waals surface area (Å²) in [5.74, 6) is -0.0593. The van der Waals surface area contributed by atoms with Gasteiger partial charge in [-0.2, -0.15) is 0 Å². The van der Waals surface area contributed by atoms with Crippen LogP contribution >= 0.6 is 0 Å². The van der Waals surface area contributed by atoms with Crippen molar-refractivity contribution in [3.05, 3.63) is 0 Å². The van der Waals surface area contributed by atoms with E-state index in [-0.39, 0.29) is 5.97 Å². The molecule has 0 heterocycles. The van der Waals surface area contributed by atoms with E-state index in [0.717, 1.165) is 19.3 Å². The Kier molecular flexibility index (Phi) is 24.7. The monoisotopic (exact) mass is 435 g/mol. The molecule has 0 amide bonds. The average molecular weight is 434 g/mol. The van der Waals surface area contributed by atoms with Crippen LogP contribution in [0.25, 0.3) is 0 Å². The molecule has 0 N–H and O–H groups in total. The normalized spacial score (nSPS) is 10.3. The van der Waals surface area contributed by atoms with E-state index in [1.807, 2.05) is 6.92 Å². The molecule has 2 nitrogen and oxygen atoms in total. The fourth-order valence-electron chi connectivity index (χ4n) is 2.41. The molecule has 0 unspecified atom stereocenters. The zero-order valence-corrected chi connectivity index (χ0v) is 19.6. The summed E-state index contributed by atoms with van der Waals surface area (Å²) in [6, 6.07) is 0. The van der Waals surface area contributed by atoms with Gasteiger partial charge >= 0.3 is 98.3 Å². The summed E-state index contributed by atoms with van der Waals surface area (Å²) in [6.07, 6.45) is 12.7. The maximum absolute atomic E-state index is 10.7. The van der Waals surface area contributed by atoms with Gasteiger partial charge in [0.05, 0.1) is 6.61 Å². The van der Waals surface area contributed by atoms with Gasteiger partial charge in [-0.15, -0.1) is 0 Å². The average Bonchev–Trinajstić information content (AvgIpc) is 2.55. The van der Waals surface area contributed by atoms with E-state index < -0.39 is 19.8 Å². The Balaban J connectivity index is 0. The van der Waals surface area contributed by atoms with Gasteiger partial charge < -0.3 is 4.74 Å². The number of rotatable bonds is 14. The van der Waals surface area contributed by atoms with Crippen LogP contribution in [0.5, 0.6) is 0 Å². The van der Waals surface area contributed by atoms with Gasteiger partial charge in [-0.1, -0.05) is 19.8 Å². The zero-order valence-electron chi connectivity index (χ0n) is 16.7. The Morgan fingerprint density at radius 2 is 1.13 bits per heavy atom. The summed E-state index contributed by atoms with van der Waals surface area (Å²) in [4.78, 5) is 10.7. The first-order valence-electron chi connectivity index (χ1n) is 10.1. The molecule has 0 saturated carbocycles. The molecule has 0 bridgehead atoms. The van der Waals surface area contributed by atoms with E-state index in [4.69, 9.17) is 4.74 Å². The molecule has 0 aromatic rings. The number of esters is 1. The molecular weight excluding hydrogens is 391 g/mol. The maximum atomic E-state index is 10.7. The number of carbonyl (C=O) groups is 1. The van der Waals surface area contributed by atoms with Crippen LogP contribution in [0.1, 0.15) is 98.8 Å². The fourth-order valence-corrected chi connectivity index (χ4v) is 11.9. The van der Waals surface area contributed by atoms with E-state index in [2.05, 4.69) is 27.7 Å². The van der Waals surface area contributed by atoms with Gasteiger partial charge in [0.1, 0.15) is 0 Å². The first kappa shape index (κ1) is 25.5. The molecule has 0 rings (SSSR count). The molecule has 0 saturated heterocycles. The third-order valence-electron chi connectivity index (χ3n) is 3.94. The minimum atomic E-state index is -0.839. The number of unbranched alkanes of at least 4 members (excludes halogenated alkanes) is 5. The molecule has 1 radical (unpaired) electrons. The molecule has 0 aliphatic heterocycles. The summed E-state index contributed by atoms with van der Waals surface area (Å²) in [5, 5.41) is 0. The number of hydrogen-bond acceptors (Lipinski definition) is 2. The van der Waals surface area contributed by atoms with Crippen molar-refractivity contribution in [1.82, 2.24) is 0 Å². The van der Waals surface area contributed by atoms with Crippen molar-refractivity contribution < 1.29 is 9.53 Å². The molecule has 139 valence electrons. The summed E-state index contributed by atoms with van der Waals surface area (Å²) in [7, 11) is 0. The second kappa shape index (κ2) is 22.3. The molecule has 0 spiro atoms. The Hall–Kier alpha value is 0.269. The summed E-state index contributed by atoms with van der Waals surface area (Å²) in [5.41, 5.74) is 0. The van der Waals surface area contributed by atoms with Crippen LogP contribution in [-0.4, -0.2) is 32.3 Å². The van der Waals surface area contributed by atoms with Crippen molar-refractivity contribution in [3.63, 3.8) is 0 Å². The van der Waals surface area contributed by atoms with Crippen molar-refractivity contribution in [1.29, 1.82) is 0 Å². The predicted octanol–water partition coefficient (Wildman–Crippen LogP) is 7.01. The Labute approximate surface area is 153 Å². The third kappa shape index (κ3) is 22.3. The number of ether oxygens (including phenoxy) is 1. The molecule has 0 aliphatic rings. The van der Waals surface area contributed by atoms with Gasteiger partial charge in [0, 0.05) is 6.42 Å². The molecule has 3 heteroatoms. The number of hydrogen-bond donors (Lipinski definition) is 0. The standard InChI is InChI=1S/C8H16O2.3C4H9.Sn/c1-3-5-6-7-8(9)10-4-2;3*1-3-4-2;/h3-7H2,1-2H3;3*1,3-4H2,2H3;. The Morgan fingerprint density at radius 1 is 0.696 bits per heavy atom. The van der Waals surface area contributed by atoms with E-state index in [0.29, 0.717) is 13.0 Å². The molecular formula is C20H43O2Sn. The van der Waals surface area contributed by atoms with Crippen molar-refractivity contribution in [3.8, 4) is 0 Å². The topological polar surface area (TPSA) is 26.3 Å². The van der Waals surface area contributed by atoms with E-state index in [1.54, 1.807) is 13.3 Å². The van der Waals surface area contributed by atoms with Crippen LogP contribution in [0.2, 0.25) is 13.3 Å². The number of carbonyl (C=O) groups excluding carboxylic acids is 1. The predicted molar refractivity (Wildman–Crippen MR) is 106 cm³/mol. The zero-order chi connectivity index (χ0) is 17.8. The van der Waals surface area contributed by atoms with Crippen LogP contribution in [0.3, 0.4) is 0 Å². The molecule has 0 aliphatic carbocycles. The van der Waals surface area contributed by atoms with Crippen LogP contribution in [0.4, 0.5) is 0 Å². The molecule has 0 aromatic carbocycles. The van der Waals surface area contributed by atoms with Gasteiger partial charge in [0.25, 0.3) is 0 Å². The first-order valence-corrected chi connectivity index (χ1v) is 16.2. The van der Waals surface area contributed by atoms with Gasteiger partial charge in [0.15, 0.2) is 0 Å². The molecule has 23 heavy (non-hydrogen) atoms. The van der Waals surface area contributed by atoms with Crippen LogP contribution in [-0.2, 0) is 9.53 Å². The summed E-state index contributed by atoms with van der Waals surface area (Å²) >= 11 is -0.839. The quantitative estimate of drug-likeness (QED) is 0.167. The van der Waals surface area contributed by atoms with Crippen molar-refractivity contribution in [2.75, 3.05) is 6.61 Å². The SMILES string of the molecule is CCCCCC(=O)OCC.CCC[CH2][Sn]([CH2]CCC)[CH2]CCC. The minimum absolute atomic E-state index is 0.0593. The second-order valence-electron chi connectivity index (χ2n) is 6.32. The third-order valence-corrected chi connectivity index (χ3v) is 13.0. The summed E-state index contributed by atoms with van der Waals surface area (Å²) in [6.45, 7) is 11.5. The van der Waals surface area contributed by atoms with Crippen LogP contribution in [0.15, 0.2) is 0 Å². The van der Waals surface area contributed by atoms with Crippen LogP contribution in [0, 0.1) is 0 Å². The van der Waals surface area contributed by atoms with E-state index >= 15 is 0 Å². The summed E-state index contributed by atoms with van der Waals surface area (Å²) < 4.78 is 9.79. The van der Waals surface area contributed by atoms with E-state index in [9.17, 15) is 4.79 Å².